The van der Waals surface area contributed by atoms with Gasteiger partial charge in [-0.1, -0.05) is 13.8 Å². The molecule has 1 rings (SSSR count). The van der Waals surface area contributed by atoms with Crippen LogP contribution in [0, 0.1) is 5.92 Å². The Bertz CT molecular complexity index is 280. The first-order chi connectivity index (χ1) is 5.59. The summed E-state index contributed by atoms with van der Waals surface area (Å²) in [5.74, 6) is -0.395. The van der Waals surface area contributed by atoms with Crippen LogP contribution in [0.3, 0.4) is 0 Å². The molecular formula is C8H11NO2S. The monoisotopic (exact) mass is 185 g/mol. The van der Waals surface area contributed by atoms with Gasteiger partial charge in [0.2, 0.25) is 0 Å². The average Bonchev–Trinajstić information content (AvgIpc) is 2.34. The summed E-state index contributed by atoms with van der Waals surface area (Å²) in [5, 5.41) is 8.58. The second kappa shape index (κ2) is 3.67. The Morgan fingerprint density at radius 2 is 2.42 bits per heavy atom. The van der Waals surface area contributed by atoms with Crippen molar-refractivity contribution in [1.82, 2.24) is 4.37 Å². The van der Waals surface area contributed by atoms with Gasteiger partial charge in [-0.05, 0) is 29.9 Å². The van der Waals surface area contributed by atoms with Crippen LogP contribution in [0.5, 0.6) is 0 Å². The second-order valence-corrected chi connectivity index (χ2v) is 3.97. The summed E-state index contributed by atoms with van der Waals surface area (Å²) in [7, 11) is 0. The summed E-state index contributed by atoms with van der Waals surface area (Å²) in [5.41, 5.74) is 0.163. The van der Waals surface area contributed by atoms with E-state index in [1.807, 2.05) is 0 Å². The van der Waals surface area contributed by atoms with Gasteiger partial charge in [0.15, 0.2) is 5.69 Å². The molecule has 0 fully saturated rings. The van der Waals surface area contributed by atoms with Crippen LogP contribution in [0.25, 0.3) is 0 Å². The molecular weight excluding hydrogens is 174 g/mol. The number of rotatable bonds is 3. The minimum absolute atomic E-state index is 0.163. The number of hydrogen-bond acceptors (Lipinski definition) is 3. The van der Waals surface area contributed by atoms with E-state index >= 15 is 0 Å². The Kier molecular flexibility index (Phi) is 2.81. The van der Waals surface area contributed by atoms with E-state index in [0.29, 0.717) is 5.92 Å². The number of carbonyl (C=O) groups is 1. The molecule has 0 atom stereocenters. The first-order valence-electron chi connectivity index (χ1n) is 3.78. The SMILES string of the molecule is CC(C)Cc1cc(C(=O)O)ns1. The largest absolute Gasteiger partial charge is 0.476 e. The Morgan fingerprint density at radius 1 is 1.75 bits per heavy atom. The maximum Gasteiger partial charge on any atom is 0.355 e. The first kappa shape index (κ1) is 9.19. The molecule has 1 N–H and O–H groups in total. The lowest BCUT2D eigenvalue weighted by atomic mass is 10.1. The minimum Gasteiger partial charge on any atom is -0.476 e. The van der Waals surface area contributed by atoms with Gasteiger partial charge in [0.25, 0.3) is 0 Å². The van der Waals surface area contributed by atoms with Crippen LogP contribution in [-0.4, -0.2) is 15.4 Å². The van der Waals surface area contributed by atoms with Crippen molar-refractivity contribution < 1.29 is 9.90 Å². The highest BCUT2D eigenvalue weighted by Gasteiger charge is 2.08. The Labute approximate surface area is 75.2 Å². The summed E-state index contributed by atoms with van der Waals surface area (Å²) in [6, 6.07) is 1.65. The number of hydrogen-bond donors (Lipinski definition) is 1. The molecule has 1 heterocycles. The van der Waals surface area contributed by atoms with Gasteiger partial charge in [-0.25, -0.2) is 4.79 Å². The smallest absolute Gasteiger partial charge is 0.355 e. The van der Waals surface area contributed by atoms with Crippen LogP contribution in [-0.2, 0) is 6.42 Å². The van der Waals surface area contributed by atoms with Gasteiger partial charge in [0.1, 0.15) is 0 Å². The maximum absolute atomic E-state index is 10.4. The van der Waals surface area contributed by atoms with Gasteiger partial charge in [-0.15, -0.1) is 0 Å². The maximum atomic E-state index is 10.4. The molecule has 12 heavy (non-hydrogen) atoms. The predicted octanol–water partition coefficient (Wildman–Crippen LogP) is 2.04. The summed E-state index contributed by atoms with van der Waals surface area (Å²) < 4.78 is 3.81. The third-order valence-electron chi connectivity index (χ3n) is 1.39. The molecule has 0 aliphatic carbocycles. The van der Waals surface area contributed by atoms with Crippen molar-refractivity contribution in [3.05, 3.63) is 16.6 Å². The average molecular weight is 185 g/mol. The lowest BCUT2D eigenvalue weighted by molar-refractivity contribution is 0.0692. The van der Waals surface area contributed by atoms with Crippen LogP contribution in [0.15, 0.2) is 6.07 Å². The molecule has 66 valence electrons. The van der Waals surface area contributed by atoms with Gasteiger partial charge in [-0.3, -0.25) is 0 Å². The summed E-state index contributed by atoms with van der Waals surface area (Å²) in [6.07, 6.45) is 0.908. The summed E-state index contributed by atoms with van der Waals surface area (Å²) in [4.78, 5) is 11.5. The fourth-order valence-corrected chi connectivity index (χ4v) is 1.83. The Balaban J connectivity index is 2.71. The van der Waals surface area contributed by atoms with Crippen molar-refractivity contribution in [3.8, 4) is 0 Å². The van der Waals surface area contributed by atoms with Crippen molar-refractivity contribution in [3.63, 3.8) is 0 Å². The molecule has 0 spiro atoms. The highest BCUT2D eigenvalue weighted by atomic mass is 32.1. The van der Waals surface area contributed by atoms with Crippen molar-refractivity contribution in [2.24, 2.45) is 5.92 Å². The molecule has 4 heteroatoms. The third kappa shape index (κ3) is 2.30. The van der Waals surface area contributed by atoms with Crippen molar-refractivity contribution in [2.75, 3.05) is 0 Å². The second-order valence-electron chi connectivity index (χ2n) is 3.08. The number of aromatic carboxylic acids is 1. The van der Waals surface area contributed by atoms with E-state index in [0.717, 1.165) is 11.3 Å². The molecule has 0 radical (unpaired) electrons. The Morgan fingerprint density at radius 3 is 2.83 bits per heavy atom. The molecule has 1 aromatic heterocycles. The van der Waals surface area contributed by atoms with E-state index in [1.165, 1.54) is 11.5 Å². The predicted molar refractivity (Wildman–Crippen MR) is 47.6 cm³/mol. The Hall–Kier alpha value is -0.900. The first-order valence-corrected chi connectivity index (χ1v) is 4.56. The minimum atomic E-state index is -0.943. The molecule has 0 aliphatic rings. The molecule has 0 saturated heterocycles. The highest BCUT2D eigenvalue weighted by molar-refractivity contribution is 7.05. The molecule has 3 nitrogen and oxygen atoms in total. The normalized spacial score (nSPS) is 10.6. The molecule has 0 saturated carbocycles. The standard InChI is InChI=1S/C8H11NO2S/c1-5(2)3-6-4-7(8(10)11)9-12-6/h4-5H,3H2,1-2H3,(H,10,11). The molecule has 0 amide bonds. The molecule has 0 bridgehead atoms. The van der Waals surface area contributed by atoms with Gasteiger partial charge in [0, 0.05) is 4.88 Å². The number of carboxylic acids is 1. The zero-order valence-electron chi connectivity index (χ0n) is 7.07. The van der Waals surface area contributed by atoms with Crippen LogP contribution >= 0.6 is 11.5 Å². The van der Waals surface area contributed by atoms with Crippen molar-refractivity contribution in [1.29, 1.82) is 0 Å². The fourth-order valence-electron chi connectivity index (χ4n) is 0.912. The van der Waals surface area contributed by atoms with Gasteiger partial charge < -0.3 is 5.11 Å². The number of carboxylic acid groups (broad SMARTS) is 1. The van der Waals surface area contributed by atoms with E-state index in [2.05, 4.69) is 18.2 Å². The zero-order valence-corrected chi connectivity index (χ0v) is 7.89. The number of aromatic nitrogens is 1. The van der Waals surface area contributed by atoms with Gasteiger partial charge >= 0.3 is 5.97 Å². The molecule has 0 aliphatic heterocycles. The van der Waals surface area contributed by atoms with Crippen LogP contribution in [0.2, 0.25) is 0 Å². The topological polar surface area (TPSA) is 50.2 Å². The fraction of sp³-hybridized carbons (Fsp3) is 0.500. The lowest BCUT2D eigenvalue weighted by Crippen LogP contribution is -1.95. The zero-order chi connectivity index (χ0) is 9.14. The van der Waals surface area contributed by atoms with Crippen LogP contribution < -0.4 is 0 Å². The summed E-state index contributed by atoms with van der Waals surface area (Å²) in [6.45, 7) is 4.19. The molecule has 1 aromatic rings. The molecule has 0 unspecified atom stereocenters. The lowest BCUT2D eigenvalue weighted by Gasteiger charge is -1.97. The highest BCUT2D eigenvalue weighted by Crippen LogP contribution is 2.14. The van der Waals surface area contributed by atoms with E-state index in [4.69, 9.17) is 5.11 Å². The number of nitrogens with zero attached hydrogens (tertiary/aromatic N) is 1. The summed E-state index contributed by atoms with van der Waals surface area (Å²) >= 11 is 1.28. The van der Waals surface area contributed by atoms with Crippen LogP contribution in [0.1, 0.15) is 29.2 Å². The van der Waals surface area contributed by atoms with Gasteiger partial charge in [0.05, 0.1) is 0 Å². The van der Waals surface area contributed by atoms with Crippen molar-refractivity contribution in [2.45, 2.75) is 20.3 Å². The van der Waals surface area contributed by atoms with E-state index in [1.54, 1.807) is 6.07 Å². The van der Waals surface area contributed by atoms with Crippen LogP contribution in [0.4, 0.5) is 0 Å². The quantitative estimate of drug-likeness (QED) is 0.784. The molecule has 0 aromatic carbocycles. The third-order valence-corrected chi connectivity index (χ3v) is 2.19. The van der Waals surface area contributed by atoms with E-state index in [9.17, 15) is 4.79 Å². The van der Waals surface area contributed by atoms with Gasteiger partial charge in [-0.2, -0.15) is 4.37 Å². The van der Waals surface area contributed by atoms with E-state index in [-0.39, 0.29) is 5.69 Å². The van der Waals surface area contributed by atoms with Crippen molar-refractivity contribution >= 4 is 17.5 Å². The van der Waals surface area contributed by atoms with E-state index < -0.39 is 5.97 Å².